The molecule has 28 heavy (non-hydrogen) atoms. The van der Waals surface area contributed by atoms with Crippen molar-refractivity contribution in [3.8, 4) is 0 Å². The standard InChI is InChI=1S/C23H33N3O2/c1-18(2)26(23(27)17-28-4)14-20-13-25(15-21-11-8-12-24(21)3)16-22(20)19-9-6-5-7-10-19/h5-12,18,20,22H,13-17H2,1-4H3. The molecule has 1 aromatic heterocycles. The summed E-state index contributed by atoms with van der Waals surface area (Å²) in [4.78, 5) is 17.1. The van der Waals surface area contributed by atoms with Crippen LogP contribution in [0.1, 0.15) is 31.0 Å². The lowest BCUT2D eigenvalue weighted by Gasteiger charge is -2.31. The molecule has 1 amide bonds. The van der Waals surface area contributed by atoms with E-state index in [0.29, 0.717) is 11.8 Å². The Bertz CT molecular complexity index is 756. The number of aromatic nitrogens is 1. The summed E-state index contributed by atoms with van der Waals surface area (Å²) in [6.07, 6.45) is 2.10. The van der Waals surface area contributed by atoms with Gasteiger partial charge in [-0.15, -0.1) is 0 Å². The minimum absolute atomic E-state index is 0.0743. The first-order valence-corrected chi connectivity index (χ1v) is 10.2. The second-order valence-corrected chi connectivity index (χ2v) is 8.15. The normalized spacial score (nSPS) is 20.0. The molecule has 1 saturated heterocycles. The number of carbonyl (C=O) groups excluding carboxylic acids is 1. The molecule has 5 nitrogen and oxygen atoms in total. The van der Waals surface area contributed by atoms with Gasteiger partial charge in [-0.3, -0.25) is 9.69 Å². The molecule has 1 aromatic carbocycles. The number of rotatable bonds is 8. The maximum absolute atomic E-state index is 12.6. The maximum Gasteiger partial charge on any atom is 0.248 e. The number of ether oxygens (including phenoxy) is 1. The van der Waals surface area contributed by atoms with Crippen LogP contribution in [0.3, 0.4) is 0 Å². The molecule has 0 radical (unpaired) electrons. The van der Waals surface area contributed by atoms with E-state index in [4.69, 9.17) is 4.74 Å². The molecule has 0 spiro atoms. The first-order valence-electron chi connectivity index (χ1n) is 10.2. The quantitative estimate of drug-likeness (QED) is 0.703. The van der Waals surface area contributed by atoms with E-state index in [1.807, 2.05) is 4.90 Å². The van der Waals surface area contributed by atoms with Gasteiger partial charge in [0.25, 0.3) is 0 Å². The van der Waals surface area contributed by atoms with E-state index < -0.39 is 0 Å². The third-order valence-electron chi connectivity index (χ3n) is 5.82. The molecule has 2 aromatic rings. The van der Waals surface area contributed by atoms with Gasteiger partial charge in [0.1, 0.15) is 6.61 Å². The second-order valence-electron chi connectivity index (χ2n) is 8.15. The maximum atomic E-state index is 12.6. The number of likely N-dealkylation sites (tertiary alicyclic amines) is 1. The number of nitrogens with zero attached hydrogens (tertiary/aromatic N) is 3. The van der Waals surface area contributed by atoms with E-state index in [0.717, 1.165) is 26.2 Å². The van der Waals surface area contributed by atoms with E-state index in [9.17, 15) is 4.79 Å². The Hall–Kier alpha value is -2.11. The van der Waals surface area contributed by atoms with Crippen molar-refractivity contribution in [3.05, 3.63) is 59.9 Å². The van der Waals surface area contributed by atoms with Crippen LogP contribution in [0.25, 0.3) is 0 Å². The molecular weight excluding hydrogens is 350 g/mol. The zero-order chi connectivity index (χ0) is 20.1. The van der Waals surface area contributed by atoms with Crippen molar-refractivity contribution in [1.82, 2.24) is 14.4 Å². The van der Waals surface area contributed by atoms with Crippen LogP contribution in [-0.4, -0.2) is 59.7 Å². The summed E-state index contributed by atoms with van der Waals surface area (Å²) in [7, 11) is 3.68. The van der Waals surface area contributed by atoms with Gasteiger partial charge in [-0.1, -0.05) is 30.3 Å². The number of amides is 1. The lowest BCUT2D eigenvalue weighted by Crippen LogP contribution is -2.43. The summed E-state index contributed by atoms with van der Waals surface area (Å²) in [6, 6.07) is 15.2. The van der Waals surface area contributed by atoms with Crippen LogP contribution >= 0.6 is 0 Å². The zero-order valence-electron chi connectivity index (χ0n) is 17.5. The van der Waals surface area contributed by atoms with Gasteiger partial charge in [-0.05, 0) is 37.5 Å². The van der Waals surface area contributed by atoms with Gasteiger partial charge in [-0.2, -0.15) is 0 Å². The Morgan fingerprint density at radius 1 is 1.18 bits per heavy atom. The van der Waals surface area contributed by atoms with Crippen molar-refractivity contribution in [2.75, 3.05) is 33.4 Å². The zero-order valence-corrected chi connectivity index (χ0v) is 17.5. The lowest BCUT2D eigenvalue weighted by atomic mass is 9.88. The summed E-state index contributed by atoms with van der Waals surface area (Å²) in [5, 5.41) is 0. The van der Waals surface area contributed by atoms with E-state index >= 15 is 0 Å². The smallest absolute Gasteiger partial charge is 0.248 e. The average molecular weight is 384 g/mol. The molecule has 1 aliphatic rings. The molecule has 0 saturated carbocycles. The van der Waals surface area contributed by atoms with Crippen molar-refractivity contribution in [1.29, 1.82) is 0 Å². The first-order chi connectivity index (χ1) is 13.5. The highest BCUT2D eigenvalue weighted by atomic mass is 16.5. The average Bonchev–Trinajstić information content (AvgIpc) is 3.27. The van der Waals surface area contributed by atoms with Gasteiger partial charge in [0, 0.05) is 64.2 Å². The van der Waals surface area contributed by atoms with E-state index in [1.54, 1.807) is 7.11 Å². The van der Waals surface area contributed by atoms with Gasteiger partial charge in [0.15, 0.2) is 0 Å². The minimum Gasteiger partial charge on any atom is -0.375 e. The molecule has 3 rings (SSSR count). The van der Waals surface area contributed by atoms with Crippen LogP contribution in [0, 0.1) is 5.92 Å². The number of aryl methyl sites for hydroxylation is 1. The van der Waals surface area contributed by atoms with Crippen LogP contribution in [0.15, 0.2) is 48.7 Å². The summed E-state index contributed by atoms with van der Waals surface area (Å²) in [6.45, 7) is 8.04. The molecule has 5 heteroatoms. The molecule has 152 valence electrons. The number of methoxy groups -OCH3 is 1. The third kappa shape index (κ3) is 4.83. The fraction of sp³-hybridized carbons (Fsp3) is 0.522. The van der Waals surface area contributed by atoms with Crippen molar-refractivity contribution in [2.24, 2.45) is 13.0 Å². The van der Waals surface area contributed by atoms with Gasteiger partial charge >= 0.3 is 0 Å². The van der Waals surface area contributed by atoms with Crippen molar-refractivity contribution >= 4 is 5.91 Å². The Labute approximate surface area is 168 Å². The van der Waals surface area contributed by atoms with Crippen LogP contribution in [0.5, 0.6) is 0 Å². The Kier molecular flexibility index (Phi) is 6.92. The minimum atomic E-state index is 0.0743. The monoisotopic (exact) mass is 383 g/mol. The van der Waals surface area contributed by atoms with Crippen molar-refractivity contribution < 1.29 is 9.53 Å². The predicted molar refractivity (Wildman–Crippen MR) is 112 cm³/mol. The molecule has 0 bridgehead atoms. The highest BCUT2D eigenvalue weighted by Crippen LogP contribution is 2.34. The fourth-order valence-electron chi connectivity index (χ4n) is 4.30. The lowest BCUT2D eigenvalue weighted by molar-refractivity contribution is -0.137. The molecule has 2 atom stereocenters. The largest absolute Gasteiger partial charge is 0.375 e. The first kappa shape index (κ1) is 20.6. The summed E-state index contributed by atoms with van der Waals surface area (Å²) >= 11 is 0. The number of hydrogen-bond donors (Lipinski definition) is 0. The van der Waals surface area contributed by atoms with Gasteiger partial charge in [0.2, 0.25) is 5.91 Å². The fourth-order valence-corrected chi connectivity index (χ4v) is 4.30. The van der Waals surface area contributed by atoms with Gasteiger partial charge in [-0.25, -0.2) is 0 Å². The number of hydrogen-bond acceptors (Lipinski definition) is 3. The van der Waals surface area contributed by atoms with E-state index in [1.165, 1.54) is 11.3 Å². The Morgan fingerprint density at radius 2 is 1.93 bits per heavy atom. The molecular formula is C23H33N3O2. The van der Waals surface area contributed by atoms with Crippen LogP contribution < -0.4 is 0 Å². The van der Waals surface area contributed by atoms with Crippen molar-refractivity contribution in [3.63, 3.8) is 0 Å². The molecule has 0 aliphatic carbocycles. The highest BCUT2D eigenvalue weighted by Gasteiger charge is 2.36. The molecule has 1 fully saturated rings. The third-order valence-corrected chi connectivity index (χ3v) is 5.82. The summed E-state index contributed by atoms with van der Waals surface area (Å²) in [5.74, 6) is 0.911. The van der Waals surface area contributed by atoms with Crippen LogP contribution in [0.4, 0.5) is 0 Å². The van der Waals surface area contributed by atoms with E-state index in [2.05, 4.69) is 79.0 Å². The van der Waals surface area contributed by atoms with Gasteiger partial charge in [0.05, 0.1) is 0 Å². The molecule has 1 aliphatic heterocycles. The van der Waals surface area contributed by atoms with Crippen LogP contribution in [0.2, 0.25) is 0 Å². The second kappa shape index (κ2) is 9.39. The molecule has 0 N–H and O–H groups in total. The Morgan fingerprint density at radius 3 is 2.54 bits per heavy atom. The summed E-state index contributed by atoms with van der Waals surface area (Å²) in [5.41, 5.74) is 2.69. The molecule has 2 unspecified atom stereocenters. The predicted octanol–water partition coefficient (Wildman–Crippen LogP) is 3.12. The van der Waals surface area contributed by atoms with E-state index in [-0.39, 0.29) is 18.6 Å². The summed E-state index contributed by atoms with van der Waals surface area (Å²) < 4.78 is 7.30. The van der Waals surface area contributed by atoms with Crippen LogP contribution in [-0.2, 0) is 23.1 Å². The number of benzene rings is 1. The van der Waals surface area contributed by atoms with Gasteiger partial charge < -0.3 is 14.2 Å². The Balaban J connectivity index is 1.78. The highest BCUT2D eigenvalue weighted by molar-refractivity contribution is 5.77. The number of carbonyl (C=O) groups is 1. The molecule has 2 heterocycles. The van der Waals surface area contributed by atoms with Crippen molar-refractivity contribution in [2.45, 2.75) is 32.4 Å². The topological polar surface area (TPSA) is 37.7 Å². The SMILES string of the molecule is COCC(=O)N(CC1CN(Cc2cccn2C)CC1c1ccccc1)C(C)C.